The summed E-state index contributed by atoms with van der Waals surface area (Å²) in [4.78, 5) is 0. The Balaban J connectivity index is 0. The predicted molar refractivity (Wildman–Crippen MR) is 22.7 cm³/mol. The maximum Gasteiger partial charge on any atom is 0.0134 e. The number of hydrogen-bond acceptors (Lipinski definition) is 2. The summed E-state index contributed by atoms with van der Waals surface area (Å²) < 4.78 is 0. The van der Waals surface area contributed by atoms with Gasteiger partial charge in [0.2, 0.25) is 0 Å². The van der Waals surface area contributed by atoms with Crippen molar-refractivity contribution >= 4 is 0 Å². The molecule has 3 heteroatoms. The Bertz CT molecular complexity index is 22.8. The van der Waals surface area contributed by atoms with Crippen molar-refractivity contribution in [2.24, 2.45) is 11.5 Å². The van der Waals surface area contributed by atoms with Gasteiger partial charge in [0.25, 0.3) is 0 Å². The third-order valence-corrected chi connectivity index (χ3v) is 0.372. The van der Waals surface area contributed by atoms with E-state index in [9.17, 15) is 0 Å². The van der Waals surface area contributed by atoms with E-state index in [0.29, 0.717) is 6.54 Å². The molecule has 0 rings (SSSR count). The van der Waals surface area contributed by atoms with Crippen molar-refractivity contribution in [2.45, 2.75) is 13.0 Å². The fraction of sp³-hybridized carbons (Fsp3) is 1.00. The second-order valence-electron chi connectivity index (χ2n) is 1.21. The maximum atomic E-state index is 5.17. The van der Waals surface area contributed by atoms with Gasteiger partial charge < -0.3 is 11.5 Å². The Labute approximate surface area is 52.5 Å². The van der Waals surface area contributed by atoms with Gasteiger partial charge in [-0.1, -0.05) is 0 Å². The first-order valence-electron chi connectivity index (χ1n) is 1.73. The largest absolute Gasteiger partial charge is 0.329 e. The van der Waals surface area contributed by atoms with Crippen molar-refractivity contribution < 1.29 is 21.1 Å². The Hall–Kier alpha value is 0.608. The molecule has 0 radical (unpaired) electrons. The summed E-state index contributed by atoms with van der Waals surface area (Å²) in [5.74, 6) is 0. The summed E-state index contributed by atoms with van der Waals surface area (Å²) in [6, 6.07) is 0.162. The monoisotopic (exact) mass is 269 g/mol. The summed E-state index contributed by atoms with van der Waals surface area (Å²) >= 11 is 0. The summed E-state index contributed by atoms with van der Waals surface area (Å²) in [5.41, 5.74) is 10.2. The van der Waals surface area contributed by atoms with Crippen molar-refractivity contribution in [3.63, 3.8) is 0 Å². The van der Waals surface area contributed by atoms with E-state index < -0.39 is 0 Å². The van der Waals surface area contributed by atoms with Crippen LogP contribution in [0.2, 0.25) is 0 Å². The van der Waals surface area contributed by atoms with Crippen LogP contribution in [0.15, 0.2) is 0 Å². The average molecular weight is 269 g/mol. The summed E-state index contributed by atoms with van der Waals surface area (Å²) in [5, 5.41) is 0. The van der Waals surface area contributed by atoms with Crippen LogP contribution in [0, 0.1) is 0 Å². The van der Waals surface area contributed by atoms with Crippen LogP contribution in [0.1, 0.15) is 6.92 Å². The molecule has 0 aromatic heterocycles. The first-order valence-corrected chi connectivity index (χ1v) is 1.73. The molecule has 0 aliphatic heterocycles. The number of nitrogens with two attached hydrogens (primary N) is 2. The van der Waals surface area contributed by atoms with Gasteiger partial charge >= 0.3 is 0 Å². The molecule has 1 unspecified atom stereocenters. The third-order valence-electron chi connectivity index (χ3n) is 0.372. The number of rotatable bonds is 1. The van der Waals surface area contributed by atoms with Crippen molar-refractivity contribution in [1.82, 2.24) is 0 Å². The maximum absolute atomic E-state index is 5.17. The molecule has 0 saturated heterocycles. The second-order valence-corrected chi connectivity index (χ2v) is 1.21. The molecule has 0 saturated carbocycles. The van der Waals surface area contributed by atoms with Crippen LogP contribution in [-0.4, -0.2) is 12.6 Å². The molecule has 0 aliphatic rings. The molecule has 0 amide bonds. The molecule has 0 aromatic carbocycles. The molecule has 2 nitrogen and oxygen atoms in total. The molecule has 1 atom stereocenters. The molecule has 6 heavy (non-hydrogen) atoms. The Morgan fingerprint density at radius 2 is 1.83 bits per heavy atom. The zero-order chi connectivity index (χ0) is 4.28. The Kier molecular flexibility index (Phi) is 9.15. The van der Waals surface area contributed by atoms with E-state index >= 15 is 0 Å². The topological polar surface area (TPSA) is 52.0 Å². The molecule has 0 heterocycles. The van der Waals surface area contributed by atoms with Crippen LogP contribution < -0.4 is 11.5 Å². The standard InChI is InChI=1S/C3H10N2.Pt/c1-3(5)2-4;/h3H,2,4-5H2,1H3;. The molecule has 0 aromatic rings. The normalized spacial score (nSPS) is 12.5. The summed E-state index contributed by atoms with van der Waals surface area (Å²) in [6.07, 6.45) is 0. The van der Waals surface area contributed by atoms with Crippen molar-refractivity contribution in [3.05, 3.63) is 0 Å². The quantitative estimate of drug-likeness (QED) is 0.661. The fourth-order valence-electron chi connectivity index (χ4n) is 0. The SMILES string of the molecule is CC(N)CN.[Pt]. The van der Waals surface area contributed by atoms with E-state index in [2.05, 4.69) is 0 Å². The first kappa shape index (κ1) is 9.79. The molecular weight excluding hydrogens is 259 g/mol. The van der Waals surface area contributed by atoms with Gasteiger partial charge in [-0.2, -0.15) is 0 Å². The van der Waals surface area contributed by atoms with Crippen molar-refractivity contribution in [1.29, 1.82) is 0 Å². The minimum atomic E-state index is 0. The van der Waals surface area contributed by atoms with Crippen molar-refractivity contribution in [2.75, 3.05) is 6.54 Å². The molecule has 0 spiro atoms. The number of hydrogen-bond donors (Lipinski definition) is 2. The van der Waals surface area contributed by atoms with E-state index in [1.165, 1.54) is 0 Å². The van der Waals surface area contributed by atoms with Gasteiger partial charge in [-0.05, 0) is 6.92 Å². The van der Waals surface area contributed by atoms with E-state index in [1.54, 1.807) is 0 Å². The van der Waals surface area contributed by atoms with Gasteiger partial charge in [0.1, 0.15) is 0 Å². The van der Waals surface area contributed by atoms with Crippen molar-refractivity contribution in [3.8, 4) is 0 Å². The fourth-order valence-corrected chi connectivity index (χ4v) is 0. The van der Waals surface area contributed by atoms with Crippen LogP contribution in [0.5, 0.6) is 0 Å². The smallest absolute Gasteiger partial charge is 0.0134 e. The molecule has 0 bridgehead atoms. The van der Waals surface area contributed by atoms with E-state index in [1.807, 2.05) is 6.92 Å². The average Bonchev–Trinajstić information content (AvgIpc) is 1.38. The van der Waals surface area contributed by atoms with Gasteiger partial charge in [-0.15, -0.1) is 0 Å². The zero-order valence-corrected chi connectivity index (χ0v) is 6.03. The van der Waals surface area contributed by atoms with Crippen LogP contribution in [0.4, 0.5) is 0 Å². The Morgan fingerprint density at radius 1 is 1.67 bits per heavy atom. The second kappa shape index (κ2) is 5.61. The van der Waals surface area contributed by atoms with Gasteiger partial charge in [0, 0.05) is 33.7 Å². The van der Waals surface area contributed by atoms with E-state index in [-0.39, 0.29) is 27.1 Å². The minimum Gasteiger partial charge on any atom is -0.329 e. The molecule has 4 N–H and O–H groups in total. The molecule has 42 valence electrons. The molecule has 0 aliphatic carbocycles. The van der Waals surface area contributed by atoms with E-state index in [0.717, 1.165) is 0 Å². The third kappa shape index (κ3) is 8.82. The first-order chi connectivity index (χ1) is 2.27. The zero-order valence-electron chi connectivity index (χ0n) is 3.76. The van der Waals surface area contributed by atoms with Gasteiger partial charge in [-0.25, -0.2) is 0 Å². The Morgan fingerprint density at radius 3 is 1.83 bits per heavy atom. The van der Waals surface area contributed by atoms with Gasteiger partial charge in [-0.3, -0.25) is 0 Å². The van der Waals surface area contributed by atoms with Crippen LogP contribution >= 0.6 is 0 Å². The summed E-state index contributed by atoms with van der Waals surface area (Å²) in [6.45, 7) is 2.46. The van der Waals surface area contributed by atoms with Crippen LogP contribution in [-0.2, 0) is 21.1 Å². The van der Waals surface area contributed by atoms with Gasteiger partial charge in [0.05, 0.1) is 0 Å². The van der Waals surface area contributed by atoms with E-state index in [4.69, 9.17) is 11.5 Å². The minimum absolute atomic E-state index is 0. The van der Waals surface area contributed by atoms with Crippen LogP contribution in [0.25, 0.3) is 0 Å². The van der Waals surface area contributed by atoms with Gasteiger partial charge in [0.15, 0.2) is 0 Å². The molecular formula is C3H10N2Pt. The molecule has 0 fully saturated rings. The predicted octanol–water partition coefficient (Wildman–Crippen LogP) is -0.710. The van der Waals surface area contributed by atoms with Crippen LogP contribution in [0.3, 0.4) is 0 Å². The summed E-state index contributed by atoms with van der Waals surface area (Å²) in [7, 11) is 0.